The lowest BCUT2D eigenvalue weighted by atomic mass is 10.3. The molecule has 3 aromatic rings. The van der Waals surface area contributed by atoms with Crippen LogP contribution in [-0.4, -0.2) is 40.8 Å². The number of guanidine groups is 1. The average molecular weight is 521 g/mol. The summed E-state index contributed by atoms with van der Waals surface area (Å²) in [6, 6.07) is 18.8. The van der Waals surface area contributed by atoms with Gasteiger partial charge in [-0.2, -0.15) is 0 Å². The second kappa shape index (κ2) is 10.3. The molecule has 1 fully saturated rings. The number of nitrogens with zero attached hydrogens (tertiary/aromatic N) is 2. The predicted octanol–water partition coefficient (Wildman–Crippen LogP) is 4.60. The average Bonchev–Trinajstić information content (AvgIpc) is 3.35. The molecule has 1 aliphatic rings. The van der Waals surface area contributed by atoms with Gasteiger partial charge in [-0.15, -0.1) is 35.7 Å². The molecule has 7 heteroatoms. The number of aliphatic imine (C=N–C) groups is 1. The summed E-state index contributed by atoms with van der Waals surface area (Å²) in [6.07, 6.45) is 4.43. The van der Waals surface area contributed by atoms with Crippen LogP contribution in [0.3, 0.4) is 0 Å². The van der Waals surface area contributed by atoms with Crippen LogP contribution in [0.15, 0.2) is 64.5 Å². The summed E-state index contributed by atoms with van der Waals surface area (Å²) in [5, 5.41) is 6.93. The number of para-hydroxylation sites is 2. The molecule has 0 aliphatic heterocycles. The van der Waals surface area contributed by atoms with E-state index in [2.05, 4.69) is 62.0 Å². The van der Waals surface area contributed by atoms with Gasteiger partial charge in [0, 0.05) is 36.2 Å². The van der Waals surface area contributed by atoms with Gasteiger partial charge >= 0.3 is 0 Å². The fourth-order valence-electron chi connectivity index (χ4n) is 3.24. The molecule has 0 bridgehead atoms. The smallest absolute Gasteiger partial charge is 0.191 e. The zero-order chi connectivity index (χ0) is 19.2. The standard InChI is InChI=1S/C22H27N5S.HI/c1-23-21(25-16-22(13-14-22)28-17-8-3-2-4-9-17)24-15-7-12-20-26-18-10-5-6-11-19(18)27-20;/h2-6,8-11H,7,12-16H2,1H3,(H,26,27)(H2,23,24,25);1H. The van der Waals surface area contributed by atoms with Gasteiger partial charge < -0.3 is 15.6 Å². The number of imidazole rings is 1. The van der Waals surface area contributed by atoms with Gasteiger partial charge in [0.2, 0.25) is 0 Å². The number of fused-ring (bicyclic) bond motifs is 1. The van der Waals surface area contributed by atoms with E-state index >= 15 is 0 Å². The minimum Gasteiger partial charge on any atom is -0.356 e. The lowest BCUT2D eigenvalue weighted by molar-refractivity contribution is 0.717. The van der Waals surface area contributed by atoms with Crippen molar-refractivity contribution >= 4 is 52.7 Å². The number of thioether (sulfide) groups is 1. The van der Waals surface area contributed by atoms with Crippen LogP contribution in [0.1, 0.15) is 25.1 Å². The Morgan fingerprint density at radius 3 is 2.59 bits per heavy atom. The second-order valence-corrected chi connectivity index (χ2v) is 8.80. The minimum absolute atomic E-state index is 0. The van der Waals surface area contributed by atoms with Crippen molar-refractivity contribution in [2.24, 2.45) is 4.99 Å². The first kappa shape index (κ1) is 22.0. The van der Waals surface area contributed by atoms with Crippen LogP contribution >= 0.6 is 35.7 Å². The Hall–Kier alpha value is -1.74. The highest BCUT2D eigenvalue weighted by molar-refractivity contribution is 14.0. The lowest BCUT2D eigenvalue weighted by Crippen LogP contribution is -2.41. The number of aromatic amines is 1. The van der Waals surface area contributed by atoms with Crippen molar-refractivity contribution in [3.8, 4) is 0 Å². The summed E-state index contributed by atoms with van der Waals surface area (Å²) in [4.78, 5) is 13.7. The van der Waals surface area contributed by atoms with Gasteiger partial charge in [0.1, 0.15) is 5.82 Å². The number of aromatic nitrogens is 2. The van der Waals surface area contributed by atoms with Crippen molar-refractivity contribution in [2.75, 3.05) is 20.1 Å². The van der Waals surface area contributed by atoms with E-state index in [0.29, 0.717) is 4.75 Å². The van der Waals surface area contributed by atoms with E-state index in [1.54, 1.807) is 0 Å². The summed E-state index contributed by atoms with van der Waals surface area (Å²) in [7, 11) is 1.83. The van der Waals surface area contributed by atoms with Gasteiger partial charge in [-0.05, 0) is 43.5 Å². The molecule has 0 spiro atoms. The molecule has 154 valence electrons. The molecule has 0 atom stereocenters. The van der Waals surface area contributed by atoms with Crippen molar-refractivity contribution in [3.05, 3.63) is 60.4 Å². The molecule has 3 N–H and O–H groups in total. The van der Waals surface area contributed by atoms with Crippen LogP contribution in [0.2, 0.25) is 0 Å². The Balaban J connectivity index is 0.00000240. The predicted molar refractivity (Wildman–Crippen MR) is 133 cm³/mol. The van der Waals surface area contributed by atoms with Gasteiger partial charge in [0.25, 0.3) is 0 Å². The molecule has 1 saturated carbocycles. The van der Waals surface area contributed by atoms with Gasteiger partial charge in [-0.25, -0.2) is 4.98 Å². The first-order chi connectivity index (χ1) is 13.8. The van der Waals surface area contributed by atoms with Crippen LogP contribution in [0.4, 0.5) is 0 Å². The van der Waals surface area contributed by atoms with E-state index < -0.39 is 0 Å². The van der Waals surface area contributed by atoms with Crippen molar-refractivity contribution in [3.63, 3.8) is 0 Å². The maximum absolute atomic E-state index is 4.63. The molecule has 5 nitrogen and oxygen atoms in total. The van der Waals surface area contributed by atoms with E-state index in [1.807, 2.05) is 37.0 Å². The normalized spacial score (nSPS) is 15.0. The molecule has 1 heterocycles. The topological polar surface area (TPSA) is 65.1 Å². The quantitative estimate of drug-likeness (QED) is 0.176. The number of halogens is 1. The van der Waals surface area contributed by atoms with Crippen LogP contribution in [0.25, 0.3) is 11.0 Å². The third-order valence-electron chi connectivity index (χ3n) is 5.01. The summed E-state index contributed by atoms with van der Waals surface area (Å²) in [5.41, 5.74) is 2.14. The summed E-state index contributed by atoms with van der Waals surface area (Å²) in [5.74, 6) is 1.92. The van der Waals surface area contributed by atoms with Crippen molar-refractivity contribution in [1.82, 2.24) is 20.6 Å². The van der Waals surface area contributed by atoms with E-state index in [0.717, 1.165) is 48.7 Å². The van der Waals surface area contributed by atoms with Crippen molar-refractivity contribution in [2.45, 2.75) is 35.3 Å². The molecule has 1 aliphatic carbocycles. The van der Waals surface area contributed by atoms with Gasteiger partial charge in [0.15, 0.2) is 5.96 Å². The SMILES string of the molecule is CN=C(NCCCc1nc2ccccc2[nH]1)NCC1(Sc2ccccc2)CC1.I. The Morgan fingerprint density at radius 2 is 1.86 bits per heavy atom. The fraction of sp³-hybridized carbons (Fsp3) is 0.364. The van der Waals surface area contributed by atoms with Crippen LogP contribution in [0, 0.1) is 0 Å². The molecule has 4 rings (SSSR count). The highest BCUT2D eigenvalue weighted by Gasteiger charge is 2.43. The Morgan fingerprint density at radius 1 is 1.10 bits per heavy atom. The number of H-pyrrole nitrogens is 1. The second-order valence-electron chi connectivity index (χ2n) is 7.25. The van der Waals surface area contributed by atoms with Crippen molar-refractivity contribution in [1.29, 1.82) is 0 Å². The van der Waals surface area contributed by atoms with Gasteiger partial charge in [-0.1, -0.05) is 30.3 Å². The Kier molecular flexibility index (Phi) is 7.83. The molecule has 0 radical (unpaired) electrons. The minimum atomic E-state index is 0. The molecule has 0 amide bonds. The number of hydrogen-bond donors (Lipinski definition) is 3. The highest BCUT2D eigenvalue weighted by Crippen LogP contribution is 2.51. The van der Waals surface area contributed by atoms with E-state index in [1.165, 1.54) is 17.7 Å². The number of hydrogen-bond acceptors (Lipinski definition) is 3. The Bertz CT molecular complexity index is 904. The first-order valence-electron chi connectivity index (χ1n) is 9.89. The van der Waals surface area contributed by atoms with Crippen LogP contribution < -0.4 is 10.6 Å². The molecule has 29 heavy (non-hydrogen) atoms. The third-order valence-corrected chi connectivity index (χ3v) is 6.50. The third kappa shape index (κ3) is 6.12. The zero-order valence-electron chi connectivity index (χ0n) is 16.6. The zero-order valence-corrected chi connectivity index (χ0v) is 19.8. The number of benzene rings is 2. The van der Waals surface area contributed by atoms with Crippen LogP contribution in [-0.2, 0) is 6.42 Å². The largest absolute Gasteiger partial charge is 0.356 e. The molecular formula is C22H28IN5S. The first-order valence-corrected chi connectivity index (χ1v) is 10.7. The van der Waals surface area contributed by atoms with Gasteiger partial charge in [-0.3, -0.25) is 4.99 Å². The summed E-state index contributed by atoms with van der Waals surface area (Å²) >= 11 is 1.98. The molecule has 2 aromatic carbocycles. The van der Waals surface area contributed by atoms with E-state index in [-0.39, 0.29) is 24.0 Å². The molecule has 1 aromatic heterocycles. The van der Waals surface area contributed by atoms with E-state index in [4.69, 9.17) is 0 Å². The lowest BCUT2D eigenvalue weighted by Gasteiger charge is -2.18. The van der Waals surface area contributed by atoms with Gasteiger partial charge in [0.05, 0.1) is 11.0 Å². The monoisotopic (exact) mass is 521 g/mol. The summed E-state index contributed by atoms with van der Waals surface area (Å²) in [6.45, 7) is 1.81. The number of nitrogens with one attached hydrogen (secondary N) is 3. The fourth-order valence-corrected chi connectivity index (χ4v) is 4.49. The maximum Gasteiger partial charge on any atom is 0.191 e. The highest BCUT2D eigenvalue weighted by atomic mass is 127. The number of aryl methyl sites for hydroxylation is 1. The van der Waals surface area contributed by atoms with Crippen LogP contribution in [0.5, 0.6) is 0 Å². The molecule has 0 unspecified atom stereocenters. The molecular weight excluding hydrogens is 493 g/mol. The Labute approximate surface area is 193 Å². The summed E-state index contributed by atoms with van der Waals surface area (Å²) < 4.78 is 0.313. The molecule has 0 saturated heterocycles. The van der Waals surface area contributed by atoms with Crippen molar-refractivity contribution < 1.29 is 0 Å². The van der Waals surface area contributed by atoms with E-state index in [9.17, 15) is 0 Å². The maximum atomic E-state index is 4.63. The number of rotatable bonds is 8.